The number of aromatic nitrogens is 3. The maximum absolute atomic E-state index is 13.8. The Kier molecular flexibility index (Phi) is 4.28. The summed E-state index contributed by atoms with van der Waals surface area (Å²) in [6, 6.07) is 10.4. The van der Waals surface area contributed by atoms with E-state index >= 15 is 0 Å². The van der Waals surface area contributed by atoms with Crippen molar-refractivity contribution >= 4 is 34.7 Å². The van der Waals surface area contributed by atoms with E-state index in [1.165, 1.54) is 10.9 Å². The van der Waals surface area contributed by atoms with E-state index in [4.69, 9.17) is 11.6 Å². The van der Waals surface area contributed by atoms with Crippen molar-refractivity contribution < 1.29 is 4.39 Å². The molecule has 0 N–H and O–H groups in total. The molecule has 2 heterocycles. The molecule has 0 spiro atoms. The zero-order valence-electron chi connectivity index (χ0n) is 11.1. The van der Waals surface area contributed by atoms with E-state index in [0.29, 0.717) is 11.4 Å². The highest BCUT2D eigenvalue weighted by Gasteiger charge is 2.14. The van der Waals surface area contributed by atoms with Gasteiger partial charge in [-0.1, -0.05) is 35.5 Å². The molecule has 1 aromatic carbocycles. The van der Waals surface area contributed by atoms with Crippen LogP contribution in [0.1, 0.15) is 4.88 Å². The van der Waals surface area contributed by atoms with Crippen LogP contribution in [0.25, 0.3) is 11.4 Å². The van der Waals surface area contributed by atoms with Crippen molar-refractivity contribution in [2.75, 3.05) is 0 Å². The largest absolute Gasteiger partial charge is 0.305 e. The minimum Gasteiger partial charge on any atom is -0.305 e. The van der Waals surface area contributed by atoms with Crippen molar-refractivity contribution in [3.63, 3.8) is 0 Å². The van der Waals surface area contributed by atoms with Crippen LogP contribution in [0, 0.1) is 5.82 Å². The Hall–Kier alpha value is -1.37. The summed E-state index contributed by atoms with van der Waals surface area (Å²) in [5.41, 5.74) is 0.457. The van der Waals surface area contributed by atoms with Crippen LogP contribution in [-0.2, 0) is 12.8 Å². The van der Waals surface area contributed by atoms with E-state index in [1.54, 1.807) is 45.9 Å². The first-order chi connectivity index (χ1) is 10.1. The summed E-state index contributed by atoms with van der Waals surface area (Å²) in [6.07, 6.45) is 0. The smallest absolute Gasteiger partial charge is 0.191 e. The minimum absolute atomic E-state index is 0.297. The van der Waals surface area contributed by atoms with Crippen LogP contribution in [0.3, 0.4) is 0 Å². The lowest BCUT2D eigenvalue weighted by Crippen LogP contribution is -1.96. The van der Waals surface area contributed by atoms with Gasteiger partial charge in [0.15, 0.2) is 11.0 Å². The molecule has 0 unspecified atom stereocenters. The lowest BCUT2D eigenvalue weighted by molar-refractivity contribution is 0.628. The van der Waals surface area contributed by atoms with E-state index < -0.39 is 0 Å². The van der Waals surface area contributed by atoms with Crippen LogP contribution in [0.5, 0.6) is 0 Å². The van der Waals surface area contributed by atoms with Crippen molar-refractivity contribution in [1.82, 2.24) is 14.8 Å². The summed E-state index contributed by atoms with van der Waals surface area (Å²) < 4.78 is 16.4. The predicted molar refractivity (Wildman–Crippen MR) is 85.3 cm³/mol. The van der Waals surface area contributed by atoms with E-state index in [9.17, 15) is 4.39 Å². The predicted octanol–water partition coefficient (Wildman–Crippen LogP) is 4.63. The molecule has 0 saturated carbocycles. The van der Waals surface area contributed by atoms with Crippen molar-refractivity contribution in [2.45, 2.75) is 10.9 Å². The van der Waals surface area contributed by atoms with Gasteiger partial charge in [0.25, 0.3) is 0 Å². The minimum atomic E-state index is -0.297. The number of halogens is 2. The summed E-state index contributed by atoms with van der Waals surface area (Å²) in [5, 5.41) is 8.98. The highest BCUT2D eigenvalue weighted by molar-refractivity contribution is 7.98. The molecule has 0 amide bonds. The van der Waals surface area contributed by atoms with Gasteiger partial charge in [0.1, 0.15) is 5.82 Å². The van der Waals surface area contributed by atoms with Crippen LogP contribution in [0.4, 0.5) is 4.39 Å². The fourth-order valence-corrected chi connectivity index (χ4v) is 3.92. The summed E-state index contributed by atoms with van der Waals surface area (Å²) in [7, 11) is 1.84. The van der Waals surface area contributed by atoms with E-state index in [-0.39, 0.29) is 5.82 Å². The highest BCUT2D eigenvalue weighted by atomic mass is 35.5. The quantitative estimate of drug-likeness (QED) is 0.649. The maximum atomic E-state index is 13.8. The van der Waals surface area contributed by atoms with Gasteiger partial charge in [-0.05, 0) is 24.3 Å². The van der Waals surface area contributed by atoms with Gasteiger partial charge in [0, 0.05) is 17.7 Å². The molecule has 7 heteroatoms. The average molecular weight is 340 g/mol. The molecular formula is C14H11ClFN3S2. The first kappa shape index (κ1) is 14.6. The average Bonchev–Trinajstić information content (AvgIpc) is 3.04. The van der Waals surface area contributed by atoms with Gasteiger partial charge in [0.2, 0.25) is 0 Å². The van der Waals surface area contributed by atoms with Crippen molar-refractivity contribution in [1.29, 1.82) is 0 Å². The van der Waals surface area contributed by atoms with E-state index in [1.807, 2.05) is 19.2 Å². The molecule has 0 aliphatic rings. The van der Waals surface area contributed by atoms with Gasteiger partial charge < -0.3 is 4.57 Å². The van der Waals surface area contributed by atoms with Crippen LogP contribution in [-0.4, -0.2) is 14.8 Å². The van der Waals surface area contributed by atoms with Gasteiger partial charge in [-0.2, -0.15) is 0 Å². The van der Waals surface area contributed by atoms with Crippen LogP contribution in [0.2, 0.25) is 4.34 Å². The zero-order valence-corrected chi connectivity index (χ0v) is 13.5. The monoisotopic (exact) mass is 339 g/mol. The van der Waals surface area contributed by atoms with Gasteiger partial charge in [-0.25, -0.2) is 4.39 Å². The lowest BCUT2D eigenvalue weighted by Gasteiger charge is -2.04. The van der Waals surface area contributed by atoms with Crippen LogP contribution >= 0.6 is 34.7 Å². The molecule has 0 radical (unpaired) electrons. The third-order valence-electron chi connectivity index (χ3n) is 2.92. The molecule has 0 atom stereocenters. The molecular weight excluding hydrogens is 329 g/mol. The standard InChI is InChI=1S/C14H11ClFN3S2/c1-19-13(10-4-2-3-5-11(10)16)17-18-14(19)20-8-9-6-7-12(15)21-9/h2-7H,8H2,1H3. The molecule has 3 aromatic rings. The number of thiophene rings is 1. The van der Waals surface area contributed by atoms with Gasteiger partial charge in [0.05, 0.1) is 9.90 Å². The second-order valence-corrected chi connectivity index (χ2v) is 7.08. The van der Waals surface area contributed by atoms with Crippen molar-refractivity contribution in [3.05, 3.63) is 51.4 Å². The topological polar surface area (TPSA) is 30.7 Å². The Morgan fingerprint density at radius 1 is 1.24 bits per heavy atom. The lowest BCUT2D eigenvalue weighted by atomic mass is 10.2. The summed E-state index contributed by atoms with van der Waals surface area (Å²) in [5.74, 6) is 0.995. The number of hydrogen-bond donors (Lipinski definition) is 0. The normalized spacial score (nSPS) is 11.0. The Labute approximate surface area is 134 Å². The number of rotatable bonds is 4. The first-order valence-electron chi connectivity index (χ1n) is 6.16. The van der Waals surface area contributed by atoms with E-state index in [2.05, 4.69) is 10.2 Å². The van der Waals surface area contributed by atoms with Gasteiger partial charge >= 0.3 is 0 Å². The number of benzene rings is 1. The van der Waals surface area contributed by atoms with Crippen molar-refractivity contribution in [2.24, 2.45) is 7.05 Å². The van der Waals surface area contributed by atoms with Crippen molar-refractivity contribution in [3.8, 4) is 11.4 Å². The summed E-state index contributed by atoms with van der Waals surface area (Å²) in [6.45, 7) is 0. The zero-order chi connectivity index (χ0) is 14.8. The fourth-order valence-electron chi connectivity index (χ4n) is 1.88. The first-order valence-corrected chi connectivity index (χ1v) is 8.34. The second kappa shape index (κ2) is 6.17. The Balaban J connectivity index is 1.81. The molecule has 2 aromatic heterocycles. The highest BCUT2D eigenvalue weighted by Crippen LogP contribution is 2.30. The number of thioether (sulfide) groups is 1. The van der Waals surface area contributed by atoms with Crippen LogP contribution < -0.4 is 0 Å². The molecule has 0 aliphatic heterocycles. The van der Waals surface area contributed by atoms with Gasteiger partial charge in [-0.15, -0.1) is 21.5 Å². The Morgan fingerprint density at radius 2 is 2.05 bits per heavy atom. The molecule has 0 bridgehead atoms. The Bertz CT molecular complexity index is 769. The SMILES string of the molecule is Cn1c(SCc2ccc(Cl)s2)nnc1-c1ccccc1F. The molecule has 0 aliphatic carbocycles. The fraction of sp³-hybridized carbons (Fsp3) is 0.143. The molecule has 108 valence electrons. The summed E-state index contributed by atoms with van der Waals surface area (Å²) >= 11 is 9.01. The van der Waals surface area contributed by atoms with Gasteiger partial charge in [-0.3, -0.25) is 0 Å². The van der Waals surface area contributed by atoms with Crippen LogP contribution in [0.15, 0.2) is 41.6 Å². The molecule has 21 heavy (non-hydrogen) atoms. The maximum Gasteiger partial charge on any atom is 0.191 e. The van der Waals surface area contributed by atoms with E-state index in [0.717, 1.165) is 15.2 Å². The second-order valence-electron chi connectivity index (χ2n) is 4.34. The molecule has 0 fully saturated rings. The third kappa shape index (κ3) is 3.12. The Morgan fingerprint density at radius 3 is 2.76 bits per heavy atom. The number of nitrogens with zero attached hydrogens (tertiary/aromatic N) is 3. The summed E-state index contributed by atoms with van der Waals surface area (Å²) in [4.78, 5) is 1.17. The molecule has 3 nitrogen and oxygen atoms in total. The molecule has 0 saturated heterocycles. The third-order valence-corrected chi connectivity index (χ3v) is 5.40. The molecule has 3 rings (SSSR count). The number of hydrogen-bond acceptors (Lipinski definition) is 4.